The van der Waals surface area contributed by atoms with Crippen molar-refractivity contribution >= 4 is 22.1 Å². The molecule has 0 bridgehead atoms. The molecule has 86 valence electrons. The molecule has 0 saturated carbocycles. The second kappa shape index (κ2) is 6.35. The smallest absolute Gasteiger partial charge is 0.107 e. The van der Waals surface area contributed by atoms with Crippen molar-refractivity contribution < 1.29 is 4.21 Å². The zero-order valence-electron chi connectivity index (χ0n) is 9.45. The highest BCUT2D eigenvalue weighted by Gasteiger charge is 2.04. The lowest BCUT2D eigenvalue weighted by Crippen LogP contribution is -2.19. The second-order valence-electron chi connectivity index (χ2n) is 3.77. The average Bonchev–Trinajstić information content (AvgIpc) is 2.60. The van der Waals surface area contributed by atoms with Gasteiger partial charge in [-0.05, 0) is 5.92 Å². The van der Waals surface area contributed by atoms with E-state index in [1.165, 1.54) is 4.88 Å². The Kier molecular flexibility index (Phi) is 5.42. The van der Waals surface area contributed by atoms with Crippen LogP contribution in [0.25, 0.3) is 0 Å². The van der Waals surface area contributed by atoms with Gasteiger partial charge in [-0.1, -0.05) is 13.8 Å². The van der Waals surface area contributed by atoms with E-state index in [-0.39, 0.29) is 0 Å². The monoisotopic (exact) mass is 246 g/mol. The maximum absolute atomic E-state index is 10.8. The topological polar surface area (TPSA) is 42.0 Å². The Labute approximate surface area is 97.8 Å². The first-order chi connectivity index (χ1) is 7.09. The summed E-state index contributed by atoms with van der Waals surface area (Å²) in [6.07, 6.45) is 3.67. The largest absolute Gasteiger partial charge is 0.310 e. The summed E-state index contributed by atoms with van der Waals surface area (Å²) in [5.74, 6) is 1.27. The fourth-order valence-corrected chi connectivity index (χ4v) is 2.41. The van der Waals surface area contributed by atoms with Gasteiger partial charge in [-0.3, -0.25) is 4.21 Å². The third-order valence-corrected chi connectivity index (χ3v) is 4.06. The van der Waals surface area contributed by atoms with E-state index in [1.807, 2.05) is 6.20 Å². The second-order valence-corrected chi connectivity index (χ2v) is 6.47. The van der Waals surface area contributed by atoms with Gasteiger partial charge in [-0.25, -0.2) is 4.98 Å². The summed E-state index contributed by atoms with van der Waals surface area (Å²) >= 11 is 1.75. The summed E-state index contributed by atoms with van der Waals surface area (Å²) in [4.78, 5) is 5.66. The fraction of sp³-hybridized carbons (Fsp3) is 0.700. The normalized spacial score (nSPS) is 13.3. The summed E-state index contributed by atoms with van der Waals surface area (Å²) in [5, 5.41) is 4.35. The molecule has 5 heteroatoms. The van der Waals surface area contributed by atoms with Crippen LogP contribution in [-0.4, -0.2) is 27.7 Å². The average molecular weight is 246 g/mol. The first-order valence-corrected chi connectivity index (χ1v) is 7.59. The molecule has 1 N–H and O–H groups in total. The maximum atomic E-state index is 10.8. The SMILES string of the molecule is CC(C)c1cnc(CNCCS(C)=O)s1. The van der Waals surface area contributed by atoms with Gasteiger partial charge in [0.25, 0.3) is 0 Å². The van der Waals surface area contributed by atoms with Crippen molar-refractivity contribution in [1.29, 1.82) is 0 Å². The molecule has 0 spiro atoms. The molecule has 0 amide bonds. The molecular formula is C10H18N2OS2. The van der Waals surface area contributed by atoms with Gasteiger partial charge in [0, 0.05) is 47.0 Å². The van der Waals surface area contributed by atoms with E-state index < -0.39 is 10.8 Å². The predicted molar refractivity (Wildman–Crippen MR) is 66.8 cm³/mol. The van der Waals surface area contributed by atoms with Crippen molar-refractivity contribution in [1.82, 2.24) is 10.3 Å². The first-order valence-electron chi connectivity index (χ1n) is 5.05. The molecule has 1 rings (SSSR count). The molecule has 1 atom stereocenters. The van der Waals surface area contributed by atoms with E-state index in [1.54, 1.807) is 17.6 Å². The van der Waals surface area contributed by atoms with E-state index in [4.69, 9.17) is 0 Å². The van der Waals surface area contributed by atoms with Crippen molar-refractivity contribution in [3.63, 3.8) is 0 Å². The summed E-state index contributed by atoms with van der Waals surface area (Å²) in [6.45, 7) is 5.92. The van der Waals surface area contributed by atoms with Gasteiger partial charge >= 0.3 is 0 Å². The van der Waals surface area contributed by atoms with Crippen LogP contribution in [0, 0.1) is 0 Å². The van der Waals surface area contributed by atoms with E-state index >= 15 is 0 Å². The van der Waals surface area contributed by atoms with Crippen LogP contribution >= 0.6 is 11.3 Å². The molecule has 1 aromatic heterocycles. The quantitative estimate of drug-likeness (QED) is 0.777. The maximum Gasteiger partial charge on any atom is 0.107 e. The molecule has 0 aliphatic heterocycles. The van der Waals surface area contributed by atoms with Gasteiger partial charge in [0.1, 0.15) is 5.01 Å². The number of hydrogen-bond donors (Lipinski definition) is 1. The minimum atomic E-state index is -0.705. The van der Waals surface area contributed by atoms with Crippen LogP contribution in [0.2, 0.25) is 0 Å². The van der Waals surface area contributed by atoms with Crippen LogP contribution in [0.1, 0.15) is 29.7 Å². The highest BCUT2D eigenvalue weighted by Crippen LogP contribution is 2.21. The molecule has 0 radical (unpaired) electrons. The lowest BCUT2D eigenvalue weighted by molar-refractivity contribution is 0.676. The van der Waals surface area contributed by atoms with Crippen LogP contribution in [0.3, 0.4) is 0 Å². The molecule has 0 saturated heterocycles. The molecule has 3 nitrogen and oxygen atoms in total. The lowest BCUT2D eigenvalue weighted by atomic mass is 10.2. The molecule has 0 aliphatic carbocycles. The molecule has 0 aromatic carbocycles. The molecule has 15 heavy (non-hydrogen) atoms. The lowest BCUT2D eigenvalue weighted by Gasteiger charge is -2.00. The molecule has 0 aliphatic rings. The third kappa shape index (κ3) is 4.86. The number of nitrogens with one attached hydrogen (secondary N) is 1. The number of hydrogen-bond acceptors (Lipinski definition) is 4. The van der Waals surface area contributed by atoms with Crippen LogP contribution in [-0.2, 0) is 17.3 Å². The Hall–Kier alpha value is -0.260. The van der Waals surface area contributed by atoms with E-state index in [0.29, 0.717) is 11.7 Å². The van der Waals surface area contributed by atoms with Crippen LogP contribution in [0.5, 0.6) is 0 Å². The molecule has 1 unspecified atom stereocenters. The summed E-state index contributed by atoms with van der Waals surface area (Å²) in [6, 6.07) is 0. The highest BCUT2D eigenvalue weighted by atomic mass is 32.2. The number of nitrogens with zero attached hydrogens (tertiary/aromatic N) is 1. The minimum absolute atomic E-state index is 0.555. The number of rotatable bonds is 6. The zero-order chi connectivity index (χ0) is 11.3. The van der Waals surface area contributed by atoms with E-state index in [9.17, 15) is 4.21 Å². The Bertz CT molecular complexity index is 323. The van der Waals surface area contributed by atoms with Gasteiger partial charge in [-0.2, -0.15) is 0 Å². The standard InChI is InChI=1S/C10H18N2OS2/c1-8(2)9-6-12-10(14-9)7-11-4-5-15(3)13/h6,8,11H,4-5,7H2,1-3H3. The van der Waals surface area contributed by atoms with Crippen molar-refractivity contribution in [3.8, 4) is 0 Å². The van der Waals surface area contributed by atoms with Gasteiger partial charge in [-0.15, -0.1) is 11.3 Å². The molecule has 1 heterocycles. The Morgan fingerprint density at radius 1 is 1.60 bits per heavy atom. The molecule has 1 aromatic rings. The highest BCUT2D eigenvalue weighted by molar-refractivity contribution is 7.84. The van der Waals surface area contributed by atoms with Crippen molar-refractivity contribution in [2.24, 2.45) is 0 Å². The van der Waals surface area contributed by atoms with Crippen molar-refractivity contribution in [2.45, 2.75) is 26.3 Å². The fourth-order valence-electron chi connectivity index (χ4n) is 1.08. The first kappa shape index (κ1) is 12.8. The van der Waals surface area contributed by atoms with E-state index in [2.05, 4.69) is 24.1 Å². The van der Waals surface area contributed by atoms with E-state index in [0.717, 1.165) is 18.1 Å². The van der Waals surface area contributed by atoms with Crippen LogP contribution in [0.15, 0.2) is 6.20 Å². The summed E-state index contributed by atoms with van der Waals surface area (Å²) in [7, 11) is -0.705. The van der Waals surface area contributed by atoms with Crippen LogP contribution < -0.4 is 5.32 Å². The zero-order valence-corrected chi connectivity index (χ0v) is 11.1. The Morgan fingerprint density at radius 3 is 2.87 bits per heavy atom. The third-order valence-electron chi connectivity index (χ3n) is 1.98. The number of aromatic nitrogens is 1. The van der Waals surface area contributed by atoms with Crippen LogP contribution in [0.4, 0.5) is 0 Å². The number of thiazole rings is 1. The molecule has 0 fully saturated rings. The predicted octanol–water partition coefficient (Wildman–Crippen LogP) is 1.73. The summed E-state index contributed by atoms with van der Waals surface area (Å²) in [5.41, 5.74) is 0. The van der Waals surface area contributed by atoms with Gasteiger partial charge in [0.05, 0.1) is 0 Å². The Balaban J connectivity index is 2.28. The minimum Gasteiger partial charge on any atom is -0.310 e. The van der Waals surface area contributed by atoms with Crippen molar-refractivity contribution in [2.75, 3.05) is 18.6 Å². The van der Waals surface area contributed by atoms with Gasteiger partial charge < -0.3 is 5.32 Å². The summed E-state index contributed by atoms with van der Waals surface area (Å²) < 4.78 is 10.8. The Morgan fingerprint density at radius 2 is 2.33 bits per heavy atom. The van der Waals surface area contributed by atoms with Gasteiger partial charge in [0.15, 0.2) is 0 Å². The molecular weight excluding hydrogens is 228 g/mol. The van der Waals surface area contributed by atoms with Gasteiger partial charge in [0.2, 0.25) is 0 Å². The van der Waals surface area contributed by atoms with Crippen molar-refractivity contribution in [3.05, 3.63) is 16.1 Å².